The molecule has 1 heterocycles. The van der Waals surface area contributed by atoms with Crippen LogP contribution in [0.1, 0.15) is 38.0 Å². The molecule has 130 valence electrons. The fraction of sp³-hybridized carbons (Fsp3) is 0.474. The lowest BCUT2D eigenvalue weighted by Crippen LogP contribution is -2.39. The summed E-state index contributed by atoms with van der Waals surface area (Å²) in [4.78, 5) is 24.5. The first kappa shape index (κ1) is 16.0. The summed E-state index contributed by atoms with van der Waals surface area (Å²) in [5, 5.41) is 7.91. The van der Waals surface area contributed by atoms with Gasteiger partial charge in [0.2, 0.25) is 5.89 Å². The molecule has 2 bridgehead atoms. The van der Waals surface area contributed by atoms with Crippen molar-refractivity contribution in [3.63, 3.8) is 0 Å². The third-order valence-corrected chi connectivity index (χ3v) is 5.21. The number of carbonyl (C=O) groups excluding carboxylic acids is 2. The van der Waals surface area contributed by atoms with Gasteiger partial charge in [-0.15, -0.1) is 10.2 Å². The third kappa shape index (κ3) is 3.34. The summed E-state index contributed by atoms with van der Waals surface area (Å²) >= 11 is 0. The maximum Gasteiger partial charge on any atom is 0.309 e. The predicted octanol–water partition coefficient (Wildman–Crippen LogP) is 3.18. The van der Waals surface area contributed by atoms with Gasteiger partial charge in [0.1, 0.15) is 5.78 Å². The van der Waals surface area contributed by atoms with Crippen molar-refractivity contribution in [1.29, 1.82) is 0 Å². The molecule has 0 amide bonds. The summed E-state index contributed by atoms with van der Waals surface area (Å²) < 4.78 is 10.9. The van der Waals surface area contributed by atoms with Crippen LogP contribution in [0.15, 0.2) is 34.7 Å². The topological polar surface area (TPSA) is 82.3 Å². The first-order chi connectivity index (χ1) is 12.2. The number of ketones is 1. The van der Waals surface area contributed by atoms with E-state index < -0.39 is 0 Å². The van der Waals surface area contributed by atoms with Crippen LogP contribution in [0.2, 0.25) is 0 Å². The molecule has 0 N–H and O–H groups in total. The Kier molecular flexibility index (Phi) is 4.34. The normalized spacial score (nSPS) is 25.6. The molecular weight excluding hydrogens is 320 g/mol. The molecule has 25 heavy (non-hydrogen) atoms. The van der Waals surface area contributed by atoms with E-state index in [0.717, 1.165) is 24.8 Å². The first-order valence-electron chi connectivity index (χ1n) is 8.79. The molecular formula is C19H20N2O4. The Balaban J connectivity index is 1.35. The van der Waals surface area contributed by atoms with Crippen LogP contribution in [0, 0.1) is 17.8 Å². The monoisotopic (exact) mass is 340 g/mol. The molecule has 1 aromatic heterocycles. The zero-order chi connectivity index (χ0) is 17.2. The molecule has 2 aliphatic carbocycles. The van der Waals surface area contributed by atoms with Gasteiger partial charge in [0.15, 0.2) is 6.61 Å². The van der Waals surface area contributed by atoms with Gasteiger partial charge in [0, 0.05) is 17.4 Å². The van der Waals surface area contributed by atoms with Gasteiger partial charge in [-0.3, -0.25) is 9.59 Å². The fourth-order valence-corrected chi connectivity index (χ4v) is 3.93. The lowest BCUT2D eigenvalue weighted by Gasteiger charge is -2.36. The van der Waals surface area contributed by atoms with Crippen molar-refractivity contribution in [3.05, 3.63) is 36.2 Å². The summed E-state index contributed by atoms with van der Waals surface area (Å²) in [5.41, 5.74) is 0.825. The highest BCUT2D eigenvalue weighted by Crippen LogP contribution is 2.40. The summed E-state index contributed by atoms with van der Waals surface area (Å²) in [6, 6.07) is 9.44. The number of nitrogens with zero attached hydrogens (tertiary/aromatic N) is 2. The van der Waals surface area contributed by atoms with E-state index in [1.807, 2.05) is 30.3 Å². The van der Waals surface area contributed by atoms with Crippen molar-refractivity contribution in [2.45, 2.75) is 38.7 Å². The highest BCUT2D eigenvalue weighted by molar-refractivity contribution is 5.87. The molecule has 4 rings (SSSR count). The summed E-state index contributed by atoms with van der Waals surface area (Å²) in [6.45, 7) is -0.0293. The lowest BCUT2D eigenvalue weighted by molar-refractivity contribution is -0.155. The fourth-order valence-electron chi connectivity index (χ4n) is 3.93. The van der Waals surface area contributed by atoms with Gasteiger partial charge in [-0.25, -0.2) is 0 Å². The molecule has 0 spiro atoms. The Morgan fingerprint density at radius 2 is 1.84 bits per heavy atom. The first-order valence-corrected chi connectivity index (χ1v) is 8.79. The minimum Gasteiger partial charge on any atom is -0.455 e. The minimum absolute atomic E-state index is 0.0293. The van der Waals surface area contributed by atoms with E-state index >= 15 is 0 Å². The van der Waals surface area contributed by atoms with Crippen LogP contribution in [0.5, 0.6) is 0 Å². The molecule has 2 aromatic rings. The third-order valence-electron chi connectivity index (χ3n) is 5.21. The molecule has 0 unspecified atom stereocenters. The van der Waals surface area contributed by atoms with Gasteiger partial charge in [-0.1, -0.05) is 24.6 Å². The van der Waals surface area contributed by atoms with E-state index in [4.69, 9.17) is 9.15 Å². The number of hydrogen-bond acceptors (Lipinski definition) is 6. The number of ether oxygens (including phenoxy) is 1. The Bertz CT molecular complexity index is 755. The van der Waals surface area contributed by atoms with Crippen LogP contribution < -0.4 is 0 Å². The van der Waals surface area contributed by atoms with E-state index in [2.05, 4.69) is 10.2 Å². The second-order valence-electron chi connectivity index (χ2n) is 6.87. The van der Waals surface area contributed by atoms with E-state index in [-0.39, 0.29) is 36.2 Å². The van der Waals surface area contributed by atoms with Crippen LogP contribution >= 0.6 is 0 Å². The summed E-state index contributed by atoms with van der Waals surface area (Å²) in [5.74, 6) is 0.660. The molecule has 0 radical (unpaired) electrons. The van der Waals surface area contributed by atoms with Crippen molar-refractivity contribution in [2.75, 3.05) is 0 Å². The van der Waals surface area contributed by atoms with Crippen molar-refractivity contribution < 1.29 is 18.7 Å². The number of benzene rings is 1. The quantitative estimate of drug-likeness (QED) is 0.795. The number of hydrogen-bond donors (Lipinski definition) is 0. The van der Waals surface area contributed by atoms with Crippen LogP contribution in [0.25, 0.3) is 11.5 Å². The number of esters is 1. The Labute approximate surface area is 145 Å². The summed E-state index contributed by atoms with van der Waals surface area (Å²) in [7, 11) is 0. The standard InChI is InChI=1S/C19H20N2O4/c22-17-13-7-4-8-14(17)10-15(9-13)19(23)24-11-16-20-21-18(25-16)12-5-2-1-3-6-12/h1-3,5-6,13-15H,4,7-11H2/t13-,14-/m0/s1. The SMILES string of the molecule is O=C(OCc1nnc(-c2ccccc2)o1)C1C[C@@H]2CCC[C@@H](C1)C2=O. The molecule has 0 saturated heterocycles. The molecule has 2 atom stereocenters. The van der Waals surface area contributed by atoms with Gasteiger partial charge in [-0.2, -0.15) is 0 Å². The Morgan fingerprint density at radius 3 is 2.56 bits per heavy atom. The summed E-state index contributed by atoms with van der Waals surface area (Å²) in [6.07, 6.45) is 4.14. The average molecular weight is 340 g/mol. The number of Topliss-reactive ketones (excluding diaryl/α,β-unsaturated/α-hetero) is 1. The Hall–Kier alpha value is -2.50. The largest absolute Gasteiger partial charge is 0.455 e. The van der Waals surface area contributed by atoms with Gasteiger partial charge >= 0.3 is 5.97 Å². The second-order valence-corrected chi connectivity index (χ2v) is 6.87. The molecule has 6 nitrogen and oxygen atoms in total. The maximum absolute atomic E-state index is 12.4. The van der Waals surface area contributed by atoms with Gasteiger partial charge in [0.05, 0.1) is 5.92 Å². The number of fused-ring (bicyclic) bond motifs is 2. The van der Waals surface area contributed by atoms with Crippen molar-refractivity contribution in [2.24, 2.45) is 17.8 Å². The molecule has 2 aliphatic rings. The van der Waals surface area contributed by atoms with Crippen molar-refractivity contribution in [1.82, 2.24) is 10.2 Å². The maximum atomic E-state index is 12.4. The highest BCUT2D eigenvalue weighted by Gasteiger charge is 2.41. The molecule has 0 aliphatic heterocycles. The van der Waals surface area contributed by atoms with Crippen LogP contribution in [0.3, 0.4) is 0 Å². The highest BCUT2D eigenvalue weighted by atomic mass is 16.5. The van der Waals surface area contributed by atoms with Crippen LogP contribution in [-0.2, 0) is 20.9 Å². The predicted molar refractivity (Wildman–Crippen MR) is 88.1 cm³/mol. The zero-order valence-corrected chi connectivity index (χ0v) is 13.9. The lowest BCUT2D eigenvalue weighted by atomic mass is 9.67. The van der Waals surface area contributed by atoms with E-state index in [0.29, 0.717) is 24.5 Å². The molecule has 2 saturated carbocycles. The van der Waals surface area contributed by atoms with Gasteiger partial charge in [-0.05, 0) is 37.8 Å². The van der Waals surface area contributed by atoms with E-state index in [9.17, 15) is 9.59 Å². The van der Waals surface area contributed by atoms with Crippen LogP contribution in [0.4, 0.5) is 0 Å². The Morgan fingerprint density at radius 1 is 1.12 bits per heavy atom. The van der Waals surface area contributed by atoms with Crippen molar-refractivity contribution in [3.8, 4) is 11.5 Å². The van der Waals surface area contributed by atoms with Gasteiger partial charge < -0.3 is 9.15 Å². The molecule has 6 heteroatoms. The van der Waals surface area contributed by atoms with Gasteiger partial charge in [0.25, 0.3) is 5.89 Å². The minimum atomic E-state index is -0.260. The van der Waals surface area contributed by atoms with Crippen LogP contribution in [-0.4, -0.2) is 21.9 Å². The second kappa shape index (κ2) is 6.78. The number of rotatable bonds is 4. The molecule has 1 aromatic carbocycles. The van der Waals surface area contributed by atoms with E-state index in [1.165, 1.54) is 0 Å². The van der Waals surface area contributed by atoms with E-state index in [1.54, 1.807) is 0 Å². The number of aromatic nitrogens is 2. The average Bonchev–Trinajstić information content (AvgIpc) is 3.09. The zero-order valence-electron chi connectivity index (χ0n) is 13.9. The number of carbonyl (C=O) groups is 2. The van der Waals surface area contributed by atoms with Crippen molar-refractivity contribution >= 4 is 11.8 Å². The molecule has 2 fully saturated rings. The smallest absolute Gasteiger partial charge is 0.309 e.